The molecular weight excluding hydrogens is 466 g/mol. The molecule has 2 aromatic heterocycles. The molecule has 0 radical (unpaired) electrons. The zero-order chi connectivity index (χ0) is 25.9. The first-order valence-corrected chi connectivity index (χ1v) is 12.6. The third-order valence-corrected chi connectivity index (χ3v) is 6.94. The van der Waals surface area contributed by atoms with Gasteiger partial charge in [0.1, 0.15) is 11.4 Å². The van der Waals surface area contributed by atoms with E-state index in [2.05, 4.69) is 15.7 Å². The molecule has 190 valence electrons. The Morgan fingerprint density at radius 1 is 1.05 bits per heavy atom. The largest absolute Gasteiger partial charge is 0.507 e. The molecule has 4 aromatic rings. The van der Waals surface area contributed by atoms with Crippen LogP contribution in [0.3, 0.4) is 0 Å². The van der Waals surface area contributed by atoms with Gasteiger partial charge in [-0.15, -0.1) is 0 Å². The summed E-state index contributed by atoms with van der Waals surface area (Å²) in [7, 11) is 1.80. The van der Waals surface area contributed by atoms with Gasteiger partial charge < -0.3 is 20.3 Å². The minimum Gasteiger partial charge on any atom is -0.507 e. The molecule has 0 bridgehead atoms. The number of rotatable bonds is 6. The molecule has 0 unspecified atom stereocenters. The second kappa shape index (κ2) is 10.3. The highest BCUT2D eigenvalue weighted by atomic mass is 16.3. The van der Waals surface area contributed by atoms with E-state index in [9.17, 15) is 14.7 Å². The SMILES string of the molecule is Cc1cccc(CNC(=O)n2nc(-c3ccc(NC(=O)c4cccn4C)cc3O)cc2C2CCCC2)c1. The van der Waals surface area contributed by atoms with Gasteiger partial charge in [-0.05, 0) is 55.7 Å². The van der Waals surface area contributed by atoms with Crippen molar-refractivity contribution in [3.8, 4) is 17.0 Å². The second-order valence-electron chi connectivity index (χ2n) is 9.69. The van der Waals surface area contributed by atoms with Crippen LogP contribution in [-0.2, 0) is 13.6 Å². The van der Waals surface area contributed by atoms with Gasteiger partial charge in [0.25, 0.3) is 5.91 Å². The highest BCUT2D eigenvalue weighted by Gasteiger charge is 2.26. The Bertz CT molecular complexity index is 1450. The van der Waals surface area contributed by atoms with Crippen LogP contribution >= 0.6 is 0 Å². The van der Waals surface area contributed by atoms with E-state index in [4.69, 9.17) is 0 Å². The first kappa shape index (κ1) is 24.4. The predicted octanol–water partition coefficient (Wildman–Crippen LogP) is 5.57. The van der Waals surface area contributed by atoms with Crippen LogP contribution in [0.4, 0.5) is 10.5 Å². The van der Waals surface area contributed by atoms with E-state index in [1.807, 2.05) is 37.3 Å². The molecular formula is C29H31N5O3. The number of carbonyl (C=O) groups excluding carboxylic acids is 2. The van der Waals surface area contributed by atoms with E-state index in [0.717, 1.165) is 42.5 Å². The third kappa shape index (κ3) is 5.28. The Morgan fingerprint density at radius 2 is 1.86 bits per heavy atom. The first-order chi connectivity index (χ1) is 17.9. The Balaban J connectivity index is 1.38. The number of aryl methyl sites for hydroxylation is 2. The van der Waals surface area contributed by atoms with Gasteiger partial charge in [0.05, 0.1) is 11.4 Å². The van der Waals surface area contributed by atoms with Crippen LogP contribution in [0.1, 0.15) is 58.9 Å². The lowest BCUT2D eigenvalue weighted by Crippen LogP contribution is -2.30. The fraction of sp³-hybridized carbons (Fsp3) is 0.276. The highest BCUT2D eigenvalue weighted by Crippen LogP contribution is 2.38. The Hall–Kier alpha value is -4.33. The molecule has 2 heterocycles. The number of aromatic nitrogens is 3. The molecule has 1 saturated carbocycles. The number of phenols is 1. The Labute approximate surface area is 215 Å². The number of aromatic hydroxyl groups is 1. The molecule has 2 amide bonds. The lowest BCUT2D eigenvalue weighted by molar-refractivity contribution is 0.101. The van der Waals surface area contributed by atoms with Crippen molar-refractivity contribution in [1.82, 2.24) is 19.7 Å². The average Bonchev–Trinajstić information content (AvgIpc) is 3.63. The molecule has 1 fully saturated rings. The van der Waals surface area contributed by atoms with E-state index in [1.165, 1.54) is 10.7 Å². The number of carbonyl (C=O) groups is 2. The van der Waals surface area contributed by atoms with Crippen LogP contribution in [0, 0.1) is 6.92 Å². The van der Waals surface area contributed by atoms with Crippen LogP contribution in [0.5, 0.6) is 5.75 Å². The fourth-order valence-corrected chi connectivity index (χ4v) is 5.00. The van der Waals surface area contributed by atoms with Gasteiger partial charge in [-0.1, -0.05) is 42.7 Å². The zero-order valence-electron chi connectivity index (χ0n) is 21.1. The molecule has 8 heteroatoms. The van der Waals surface area contributed by atoms with Crippen LogP contribution in [-0.4, -0.2) is 31.4 Å². The normalized spacial score (nSPS) is 13.6. The van der Waals surface area contributed by atoms with Gasteiger partial charge in [-0.25, -0.2) is 4.79 Å². The third-order valence-electron chi connectivity index (χ3n) is 6.94. The summed E-state index contributed by atoms with van der Waals surface area (Å²) in [6.45, 7) is 2.43. The Morgan fingerprint density at radius 3 is 2.57 bits per heavy atom. The van der Waals surface area contributed by atoms with Crippen molar-refractivity contribution in [2.45, 2.75) is 45.1 Å². The molecule has 37 heavy (non-hydrogen) atoms. The van der Waals surface area contributed by atoms with E-state index in [0.29, 0.717) is 29.2 Å². The highest BCUT2D eigenvalue weighted by molar-refractivity contribution is 6.03. The number of amides is 2. The minimum absolute atomic E-state index is 0.0209. The van der Waals surface area contributed by atoms with Crippen molar-refractivity contribution >= 4 is 17.6 Å². The van der Waals surface area contributed by atoms with Crippen molar-refractivity contribution < 1.29 is 14.7 Å². The van der Waals surface area contributed by atoms with Gasteiger partial charge in [0, 0.05) is 43.0 Å². The molecule has 8 nitrogen and oxygen atoms in total. The monoisotopic (exact) mass is 497 g/mol. The zero-order valence-corrected chi connectivity index (χ0v) is 21.1. The number of anilines is 1. The Kier molecular flexibility index (Phi) is 6.81. The summed E-state index contributed by atoms with van der Waals surface area (Å²) in [6, 6.07) is 18.1. The standard InChI is InChI=1S/C29H31N5O3/c1-19-7-5-8-20(15-19)18-30-29(37)34-26(21-9-3-4-10-21)17-24(32-34)23-13-12-22(16-27(23)35)31-28(36)25-11-6-14-33(25)2/h5-8,11-17,21,35H,3-4,9-10,18H2,1-2H3,(H,30,37)(H,31,36). The van der Waals surface area contributed by atoms with Crippen molar-refractivity contribution in [2.24, 2.45) is 7.05 Å². The maximum atomic E-state index is 13.2. The van der Waals surface area contributed by atoms with Crippen molar-refractivity contribution in [3.63, 3.8) is 0 Å². The van der Waals surface area contributed by atoms with Gasteiger partial charge >= 0.3 is 6.03 Å². The predicted molar refractivity (Wildman–Crippen MR) is 143 cm³/mol. The molecule has 2 aromatic carbocycles. The van der Waals surface area contributed by atoms with Crippen molar-refractivity contribution in [2.75, 3.05) is 5.32 Å². The topological polar surface area (TPSA) is 101 Å². The van der Waals surface area contributed by atoms with Gasteiger partial charge in [0.2, 0.25) is 0 Å². The number of hydrogen-bond acceptors (Lipinski definition) is 4. The van der Waals surface area contributed by atoms with E-state index < -0.39 is 0 Å². The fourth-order valence-electron chi connectivity index (χ4n) is 5.00. The molecule has 0 aliphatic heterocycles. The molecule has 0 spiro atoms. The quantitative estimate of drug-likeness (QED) is 0.324. The summed E-state index contributed by atoms with van der Waals surface area (Å²) in [4.78, 5) is 25.7. The summed E-state index contributed by atoms with van der Waals surface area (Å²) in [5.74, 6) is -0.0397. The maximum Gasteiger partial charge on any atom is 0.342 e. The van der Waals surface area contributed by atoms with Gasteiger partial charge in [-0.2, -0.15) is 9.78 Å². The number of phenolic OH excluding ortho intramolecular Hbond substituents is 1. The summed E-state index contributed by atoms with van der Waals surface area (Å²) in [5.41, 5.74) is 5.02. The molecule has 1 aliphatic rings. The summed E-state index contributed by atoms with van der Waals surface area (Å²) < 4.78 is 3.18. The van der Waals surface area contributed by atoms with E-state index in [-0.39, 0.29) is 23.6 Å². The second-order valence-corrected chi connectivity index (χ2v) is 9.69. The molecule has 1 aliphatic carbocycles. The van der Waals surface area contributed by atoms with E-state index in [1.54, 1.807) is 42.1 Å². The van der Waals surface area contributed by atoms with Gasteiger partial charge in [-0.3, -0.25) is 4.79 Å². The number of benzene rings is 2. The smallest absolute Gasteiger partial charge is 0.342 e. The minimum atomic E-state index is -0.291. The summed E-state index contributed by atoms with van der Waals surface area (Å²) in [6.07, 6.45) is 6.05. The molecule has 0 saturated heterocycles. The van der Waals surface area contributed by atoms with Crippen molar-refractivity contribution in [1.29, 1.82) is 0 Å². The molecule has 0 atom stereocenters. The van der Waals surface area contributed by atoms with Crippen LogP contribution in [0.15, 0.2) is 66.9 Å². The van der Waals surface area contributed by atoms with Crippen LogP contribution < -0.4 is 10.6 Å². The van der Waals surface area contributed by atoms with Crippen LogP contribution in [0.2, 0.25) is 0 Å². The maximum absolute atomic E-state index is 13.2. The lowest BCUT2D eigenvalue weighted by Gasteiger charge is -2.12. The number of hydrogen-bond donors (Lipinski definition) is 3. The summed E-state index contributed by atoms with van der Waals surface area (Å²) in [5, 5.41) is 21.2. The lowest BCUT2D eigenvalue weighted by atomic mass is 10.0. The average molecular weight is 498 g/mol. The molecule has 3 N–H and O–H groups in total. The van der Waals surface area contributed by atoms with Crippen LogP contribution in [0.25, 0.3) is 11.3 Å². The van der Waals surface area contributed by atoms with E-state index >= 15 is 0 Å². The number of nitrogens with zero attached hydrogens (tertiary/aromatic N) is 3. The van der Waals surface area contributed by atoms with Gasteiger partial charge in [0.15, 0.2) is 0 Å². The first-order valence-electron chi connectivity index (χ1n) is 12.6. The summed E-state index contributed by atoms with van der Waals surface area (Å²) >= 11 is 0. The van der Waals surface area contributed by atoms with Crippen molar-refractivity contribution in [3.05, 3.63) is 89.4 Å². The molecule has 5 rings (SSSR count). The number of nitrogens with one attached hydrogen (secondary N) is 2.